The van der Waals surface area contributed by atoms with Crippen LogP contribution in [0.1, 0.15) is 31.4 Å². The molecule has 1 aliphatic rings. The van der Waals surface area contributed by atoms with Crippen molar-refractivity contribution in [3.8, 4) is 23.0 Å². The molecule has 0 radical (unpaired) electrons. The molecule has 9 nitrogen and oxygen atoms in total. The highest BCUT2D eigenvalue weighted by atomic mass is 79.9. The van der Waals surface area contributed by atoms with Crippen molar-refractivity contribution in [1.82, 2.24) is 10.3 Å². The lowest BCUT2D eigenvalue weighted by molar-refractivity contribution is -0.135. The van der Waals surface area contributed by atoms with E-state index in [1.165, 1.54) is 12.1 Å². The molecule has 1 saturated heterocycles. The van der Waals surface area contributed by atoms with Crippen molar-refractivity contribution >= 4 is 44.3 Å². The predicted molar refractivity (Wildman–Crippen MR) is 165 cm³/mol. The number of methoxy groups -OCH3 is 1. The first-order valence-corrected chi connectivity index (χ1v) is 14.7. The number of nitrogens with two attached hydrogens (primary N) is 1. The predicted octanol–water partition coefficient (Wildman–Crippen LogP) is 5.90. The van der Waals surface area contributed by atoms with Crippen LogP contribution in [0, 0.1) is 11.7 Å². The number of fused-ring (bicyclic) bond motifs is 1. The zero-order valence-corrected chi connectivity index (χ0v) is 25.4. The Kier molecular flexibility index (Phi) is 9.42. The average Bonchev–Trinajstić information content (AvgIpc) is 3.01. The summed E-state index contributed by atoms with van der Waals surface area (Å²) >= 11 is 3.38. The maximum atomic E-state index is 15.5. The van der Waals surface area contributed by atoms with Gasteiger partial charge in [-0.15, -0.1) is 0 Å². The van der Waals surface area contributed by atoms with E-state index in [4.69, 9.17) is 19.9 Å². The molecule has 2 heterocycles. The Morgan fingerprint density at radius 2 is 1.79 bits per heavy atom. The molecule has 3 N–H and O–H groups in total. The number of rotatable bonds is 9. The van der Waals surface area contributed by atoms with Crippen LogP contribution < -0.4 is 30.2 Å². The number of nitrogens with one attached hydrogen (secondary N) is 1. The van der Waals surface area contributed by atoms with Crippen molar-refractivity contribution in [2.45, 2.75) is 25.8 Å². The third-order valence-electron chi connectivity index (χ3n) is 7.50. The number of primary amides is 1. The number of carbonyl (C=O) groups is 2. The summed E-state index contributed by atoms with van der Waals surface area (Å²) in [6.07, 6.45) is 3.67. The molecule has 5 rings (SSSR count). The highest BCUT2D eigenvalue weighted by Gasteiger charge is 2.28. The van der Waals surface area contributed by atoms with Crippen LogP contribution in [0.25, 0.3) is 10.9 Å². The summed E-state index contributed by atoms with van der Waals surface area (Å²) in [5.74, 6) is -1.03. The van der Waals surface area contributed by atoms with Crippen molar-refractivity contribution < 1.29 is 28.2 Å². The van der Waals surface area contributed by atoms with Crippen LogP contribution in [-0.4, -0.2) is 43.6 Å². The SMILES string of the molecule is COc1cc2c(Oc3ccc(N(C(=O)C(N)=O)C(C)c4ccc(Br)cc4)cc3F)ccnc2cc1OCC1CCNCC1. The van der Waals surface area contributed by atoms with Gasteiger partial charge in [0.15, 0.2) is 23.1 Å². The minimum absolute atomic E-state index is 0.0794. The van der Waals surface area contributed by atoms with Crippen molar-refractivity contribution in [2.24, 2.45) is 11.7 Å². The highest BCUT2D eigenvalue weighted by Crippen LogP contribution is 2.39. The second kappa shape index (κ2) is 13.4. The van der Waals surface area contributed by atoms with Crippen LogP contribution in [0.4, 0.5) is 10.1 Å². The quantitative estimate of drug-likeness (QED) is 0.217. The Labute approximate surface area is 257 Å². The molecule has 11 heteroatoms. The molecular weight excluding hydrogens is 619 g/mol. The minimum atomic E-state index is -1.15. The number of hydrogen-bond donors (Lipinski definition) is 2. The summed E-state index contributed by atoms with van der Waals surface area (Å²) < 4.78 is 34.1. The third kappa shape index (κ3) is 6.89. The number of amides is 2. The molecule has 0 aliphatic carbocycles. The van der Waals surface area contributed by atoms with Gasteiger partial charge in [-0.05, 0) is 80.7 Å². The fourth-order valence-electron chi connectivity index (χ4n) is 5.11. The zero-order chi connectivity index (χ0) is 30.5. The van der Waals surface area contributed by atoms with E-state index in [9.17, 15) is 9.59 Å². The van der Waals surface area contributed by atoms with Crippen LogP contribution in [-0.2, 0) is 9.59 Å². The minimum Gasteiger partial charge on any atom is -0.493 e. The zero-order valence-electron chi connectivity index (χ0n) is 23.8. The topological polar surface area (TPSA) is 116 Å². The van der Waals surface area contributed by atoms with Gasteiger partial charge in [0, 0.05) is 33.9 Å². The number of anilines is 1. The molecule has 1 unspecified atom stereocenters. The summed E-state index contributed by atoms with van der Waals surface area (Å²) in [5, 5.41) is 3.96. The molecule has 1 aliphatic heterocycles. The summed E-state index contributed by atoms with van der Waals surface area (Å²) in [4.78, 5) is 30.4. The molecule has 4 aromatic rings. The normalized spacial score (nSPS) is 14.2. The Morgan fingerprint density at radius 3 is 2.47 bits per heavy atom. The molecule has 1 fully saturated rings. The van der Waals surface area contributed by atoms with Gasteiger partial charge in [-0.1, -0.05) is 28.1 Å². The smallest absolute Gasteiger partial charge is 0.316 e. The molecule has 0 saturated carbocycles. The van der Waals surface area contributed by atoms with Gasteiger partial charge in [-0.3, -0.25) is 19.5 Å². The van der Waals surface area contributed by atoms with Crippen LogP contribution in [0.2, 0.25) is 0 Å². The van der Waals surface area contributed by atoms with Crippen molar-refractivity contribution in [3.05, 3.63) is 82.7 Å². The highest BCUT2D eigenvalue weighted by molar-refractivity contribution is 9.10. The molecular formula is C32H32BrFN4O5. The lowest BCUT2D eigenvalue weighted by Crippen LogP contribution is -2.42. The number of nitrogens with zero attached hydrogens (tertiary/aromatic N) is 2. The van der Waals surface area contributed by atoms with Gasteiger partial charge in [0.1, 0.15) is 5.75 Å². The third-order valence-corrected chi connectivity index (χ3v) is 8.03. The summed E-state index contributed by atoms with van der Waals surface area (Å²) in [6.45, 7) is 4.26. The van der Waals surface area contributed by atoms with Gasteiger partial charge in [0.05, 0.1) is 25.3 Å². The molecule has 0 spiro atoms. The molecule has 1 atom stereocenters. The second-order valence-electron chi connectivity index (χ2n) is 10.3. The van der Waals surface area contributed by atoms with Gasteiger partial charge in [-0.25, -0.2) is 4.39 Å². The maximum absolute atomic E-state index is 15.5. The number of pyridine rings is 1. The lowest BCUT2D eigenvalue weighted by Gasteiger charge is -2.29. The fraction of sp³-hybridized carbons (Fsp3) is 0.281. The first-order valence-electron chi connectivity index (χ1n) is 13.9. The van der Waals surface area contributed by atoms with E-state index in [2.05, 4.69) is 26.2 Å². The Morgan fingerprint density at radius 1 is 1.05 bits per heavy atom. The van der Waals surface area contributed by atoms with Crippen LogP contribution in [0.5, 0.6) is 23.0 Å². The van der Waals surface area contributed by atoms with E-state index in [0.29, 0.717) is 40.7 Å². The van der Waals surface area contributed by atoms with Gasteiger partial charge in [0.2, 0.25) is 0 Å². The summed E-state index contributed by atoms with van der Waals surface area (Å²) in [5.41, 5.74) is 6.82. The molecule has 43 heavy (non-hydrogen) atoms. The van der Waals surface area contributed by atoms with Gasteiger partial charge in [0.25, 0.3) is 0 Å². The lowest BCUT2D eigenvalue weighted by atomic mass is 9.99. The number of aromatic nitrogens is 1. The summed E-state index contributed by atoms with van der Waals surface area (Å²) in [7, 11) is 1.56. The maximum Gasteiger partial charge on any atom is 0.316 e. The van der Waals surface area contributed by atoms with Crippen LogP contribution >= 0.6 is 15.9 Å². The average molecular weight is 652 g/mol. The fourth-order valence-corrected chi connectivity index (χ4v) is 5.38. The first-order chi connectivity index (χ1) is 20.7. The summed E-state index contributed by atoms with van der Waals surface area (Å²) in [6, 6.07) is 15.8. The van der Waals surface area contributed by atoms with E-state index < -0.39 is 23.7 Å². The van der Waals surface area contributed by atoms with Crippen molar-refractivity contribution in [2.75, 3.05) is 31.7 Å². The first kappa shape index (κ1) is 30.2. The van der Waals surface area contributed by atoms with Crippen molar-refractivity contribution in [3.63, 3.8) is 0 Å². The number of carbonyl (C=O) groups excluding carboxylic acids is 2. The molecule has 2 amide bonds. The molecule has 224 valence electrons. The second-order valence-corrected chi connectivity index (χ2v) is 11.2. The van der Waals surface area contributed by atoms with Crippen LogP contribution in [0.15, 0.2) is 71.3 Å². The largest absolute Gasteiger partial charge is 0.493 e. The standard InChI is InChI=1S/C32H32BrFN4O5/c1-19(21-3-5-22(33)6-4-21)38(32(40)31(35)39)23-7-8-28(25(34)15-23)43-27-11-14-37-26-17-30(29(41-2)16-24(26)27)42-18-20-9-12-36-13-10-20/h3-8,11,14-17,19-20,36H,9-10,12-13,18H2,1-2H3,(H2,35,39). The number of halogens is 2. The Bertz CT molecular complexity index is 1630. The number of benzene rings is 3. The van der Waals surface area contributed by atoms with Gasteiger partial charge < -0.3 is 25.3 Å². The van der Waals surface area contributed by atoms with Gasteiger partial charge in [-0.2, -0.15) is 0 Å². The molecule has 1 aromatic heterocycles. The Balaban J connectivity index is 1.41. The van der Waals surface area contributed by atoms with Gasteiger partial charge >= 0.3 is 11.8 Å². The number of hydrogen-bond acceptors (Lipinski definition) is 7. The van der Waals surface area contributed by atoms with E-state index >= 15 is 4.39 Å². The van der Waals surface area contributed by atoms with E-state index in [0.717, 1.165) is 46.9 Å². The monoisotopic (exact) mass is 650 g/mol. The van der Waals surface area contributed by atoms with Crippen LogP contribution in [0.3, 0.4) is 0 Å². The van der Waals surface area contributed by atoms with E-state index in [1.807, 2.05) is 12.1 Å². The van der Waals surface area contributed by atoms with E-state index in [1.54, 1.807) is 50.6 Å². The number of ether oxygens (including phenoxy) is 3. The van der Waals surface area contributed by atoms with E-state index in [-0.39, 0.29) is 11.4 Å². The number of piperidine rings is 1. The van der Waals surface area contributed by atoms with Crippen molar-refractivity contribution in [1.29, 1.82) is 0 Å². The molecule has 3 aromatic carbocycles. The molecule has 0 bridgehead atoms. The Hall–Kier alpha value is -4.22.